The van der Waals surface area contributed by atoms with Crippen molar-refractivity contribution in [2.45, 2.75) is 39.7 Å². The average Bonchev–Trinajstić information content (AvgIpc) is 2.35. The number of rotatable bonds is 5. The maximum Gasteiger partial charge on any atom is 0.261 e. The highest BCUT2D eigenvalue weighted by Gasteiger charge is 2.28. The highest BCUT2D eigenvalue weighted by molar-refractivity contribution is 5.95. The highest BCUT2D eigenvalue weighted by atomic mass is 16.3. The molecule has 0 saturated carbocycles. The number of carbonyl (C=O) groups excluding carboxylic acids is 1. The molecule has 19 heavy (non-hydrogen) atoms. The van der Waals surface area contributed by atoms with Crippen LogP contribution in [0.3, 0.4) is 0 Å². The molecule has 1 heterocycles. The molecule has 3 N–H and O–H groups in total. The Bertz CT molecular complexity index is 506. The van der Waals surface area contributed by atoms with Crippen molar-refractivity contribution in [2.24, 2.45) is 5.92 Å². The van der Waals surface area contributed by atoms with E-state index in [1.165, 1.54) is 6.20 Å². The summed E-state index contributed by atoms with van der Waals surface area (Å²) in [5.74, 6) is -0.397. The van der Waals surface area contributed by atoms with Crippen molar-refractivity contribution in [2.75, 3.05) is 6.54 Å². The minimum Gasteiger partial charge on any atom is -0.388 e. The van der Waals surface area contributed by atoms with E-state index in [-0.39, 0.29) is 18.0 Å². The van der Waals surface area contributed by atoms with Crippen molar-refractivity contribution >= 4 is 5.91 Å². The zero-order valence-corrected chi connectivity index (χ0v) is 11.9. The number of carbonyl (C=O) groups is 1. The minimum atomic E-state index is -0.986. The van der Waals surface area contributed by atoms with Crippen LogP contribution in [-0.2, 0) is 0 Å². The first-order valence-corrected chi connectivity index (χ1v) is 6.48. The van der Waals surface area contributed by atoms with Crippen molar-refractivity contribution in [1.29, 1.82) is 0 Å². The second-order valence-electron chi connectivity index (χ2n) is 5.21. The van der Waals surface area contributed by atoms with Crippen LogP contribution in [0.2, 0.25) is 0 Å². The summed E-state index contributed by atoms with van der Waals surface area (Å²) < 4.78 is 0. The number of aliphatic hydroxyl groups is 1. The van der Waals surface area contributed by atoms with E-state index in [0.717, 1.165) is 6.42 Å². The Labute approximate surface area is 113 Å². The van der Waals surface area contributed by atoms with E-state index >= 15 is 0 Å². The summed E-state index contributed by atoms with van der Waals surface area (Å²) in [7, 11) is 0. The fourth-order valence-corrected chi connectivity index (χ4v) is 1.82. The zero-order valence-electron chi connectivity index (χ0n) is 11.9. The molecule has 0 spiro atoms. The van der Waals surface area contributed by atoms with Gasteiger partial charge in [0, 0.05) is 12.7 Å². The molecule has 0 fully saturated rings. The number of aromatic amines is 1. The molecule has 1 aromatic heterocycles. The van der Waals surface area contributed by atoms with Crippen LogP contribution in [0.4, 0.5) is 0 Å². The first-order valence-electron chi connectivity index (χ1n) is 6.48. The standard InChI is InChI=1S/C14H22N2O3/c1-5-10(3)14(4,19)8-16-13(18)11-9(2)6-7-15-12(11)17/h6-7,10,19H,5,8H2,1-4H3,(H,15,17)(H,16,18). The molecule has 0 radical (unpaired) electrons. The molecule has 0 aliphatic rings. The van der Waals surface area contributed by atoms with Gasteiger partial charge in [0.25, 0.3) is 11.5 Å². The molecule has 5 nitrogen and oxygen atoms in total. The SMILES string of the molecule is CCC(C)C(C)(O)CNC(=O)c1c(C)cc[nH]c1=O. The summed E-state index contributed by atoms with van der Waals surface area (Å²) in [6.45, 7) is 7.41. The Kier molecular flexibility index (Phi) is 4.89. The third-order valence-corrected chi connectivity index (χ3v) is 3.68. The summed E-state index contributed by atoms with van der Waals surface area (Å²) in [6, 6.07) is 1.67. The first kappa shape index (κ1) is 15.4. The van der Waals surface area contributed by atoms with E-state index in [2.05, 4.69) is 10.3 Å². The lowest BCUT2D eigenvalue weighted by Crippen LogP contribution is -2.46. The molecule has 2 atom stereocenters. The summed E-state index contributed by atoms with van der Waals surface area (Å²) in [5.41, 5.74) is -0.688. The van der Waals surface area contributed by atoms with Gasteiger partial charge in [-0.3, -0.25) is 9.59 Å². The molecule has 0 aliphatic heterocycles. The summed E-state index contributed by atoms with van der Waals surface area (Å²) >= 11 is 0. The van der Waals surface area contributed by atoms with Crippen LogP contribution in [-0.4, -0.2) is 28.1 Å². The Morgan fingerprint density at radius 2 is 2.21 bits per heavy atom. The Morgan fingerprint density at radius 1 is 1.58 bits per heavy atom. The Hall–Kier alpha value is -1.62. The highest BCUT2D eigenvalue weighted by Crippen LogP contribution is 2.18. The lowest BCUT2D eigenvalue weighted by atomic mass is 9.88. The van der Waals surface area contributed by atoms with Crippen molar-refractivity contribution < 1.29 is 9.90 Å². The predicted octanol–water partition coefficient (Wildman–Crippen LogP) is 1.21. The van der Waals surface area contributed by atoms with E-state index in [1.54, 1.807) is 19.9 Å². The smallest absolute Gasteiger partial charge is 0.261 e. The van der Waals surface area contributed by atoms with Gasteiger partial charge in [-0.15, -0.1) is 0 Å². The van der Waals surface area contributed by atoms with Crippen molar-refractivity contribution in [3.8, 4) is 0 Å². The van der Waals surface area contributed by atoms with Gasteiger partial charge in [0.05, 0.1) is 5.60 Å². The number of aromatic nitrogens is 1. The van der Waals surface area contributed by atoms with Gasteiger partial charge < -0.3 is 15.4 Å². The van der Waals surface area contributed by atoms with Crippen molar-refractivity contribution in [3.05, 3.63) is 33.7 Å². The summed E-state index contributed by atoms with van der Waals surface area (Å²) in [4.78, 5) is 26.1. The van der Waals surface area contributed by atoms with E-state index in [1.807, 2.05) is 13.8 Å². The van der Waals surface area contributed by atoms with Crippen LogP contribution in [0.1, 0.15) is 43.1 Å². The fraction of sp³-hybridized carbons (Fsp3) is 0.571. The van der Waals surface area contributed by atoms with Gasteiger partial charge in [-0.1, -0.05) is 20.3 Å². The van der Waals surface area contributed by atoms with E-state index in [4.69, 9.17) is 0 Å². The van der Waals surface area contributed by atoms with Crippen molar-refractivity contribution in [3.63, 3.8) is 0 Å². The number of amides is 1. The molecule has 1 amide bonds. The van der Waals surface area contributed by atoms with E-state index in [9.17, 15) is 14.7 Å². The van der Waals surface area contributed by atoms with Crippen molar-refractivity contribution in [1.82, 2.24) is 10.3 Å². The third-order valence-electron chi connectivity index (χ3n) is 3.68. The van der Waals surface area contributed by atoms with Gasteiger partial charge in [-0.25, -0.2) is 0 Å². The lowest BCUT2D eigenvalue weighted by Gasteiger charge is -2.29. The molecule has 106 valence electrons. The third kappa shape index (κ3) is 3.67. The first-order chi connectivity index (χ1) is 8.79. The van der Waals surface area contributed by atoms with E-state index in [0.29, 0.717) is 5.56 Å². The lowest BCUT2D eigenvalue weighted by molar-refractivity contribution is 0.00590. The average molecular weight is 266 g/mol. The quantitative estimate of drug-likeness (QED) is 0.749. The molecular weight excluding hydrogens is 244 g/mol. The fourth-order valence-electron chi connectivity index (χ4n) is 1.82. The number of hydrogen-bond donors (Lipinski definition) is 3. The minimum absolute atomic E-state index is 0.0583. The molecular formula is C14H22N2O3. The maximum absolute atomic E-state index is 12.0. The molecule has 2 unspecified atom stereocenters. The second-order valence-corrected chi connectivity index (χ2v) is 5.21. The van der Waals surface area contributed by atoms with Crippen LogP contribution < -0.4 is 10.9 Å². The van der Waals surface area contributed by atoms with Gasteiger partial charge in [0.15, 0.2) is 0 Å². The van der Waals surface area contributed by atoms with Crippen LogP contribution in [0.15, 0.2) is 17.1 Å². The van der Waals surface area contributed by atoms with Gasteiger partial charge in [0.2, 0.25) is 0 Å². The maximum atomic E-state index is 12.0. The molecule has 1 aromatic rings. The molecule has 0 saturated heterocycles. The second kappa shape index (κ2) is 6.02. The van der Waals surface area contributed by atoms with Gasteiger partial charge in [-0.05, 0) is 31.4 Å². The van der Waals surface area contributed by atoms with E-state index < -0.39 is 17.1 Å². The normalized spacial score (nSPS) is 15.6. The Balaban J connectivity index is 2.79. The van der Waals surface area contributed by atoms with Crippen LogP contribution in [0.5, 0.6) is 0 Å². The summed E-state index contributed by atoms with van der Waals surface area (Å²) in [6.07, 6.45) is 2.32. The number of hydrogen-bond acceptors (Lipinski definition) is 3. The monoisotopic (exact) mass is 266 g/mol. The van der Waals surface area contributed by atoms with Gasteiger partial charge in [-0.2, -0.15) is 0 Å². The van der Waals surface area contributed by atoms with Crippen LogP contribution in [0, 0.1) is 12.8 Å². The molecule has 1 rings (SSSR count). The zero-order chi connectivity index (χ0) is 14.6. The molecule has 5 heteroatoms. The molecule has 0 aromatic carbocycles. The number of pyridine rings is 1. The molecule has 0 bridgehead atoms. The topological polar surface area (TPSA) is 82.2 Å². The molecule has 0 aliphatic carbocycles. The number of H-pyrrole nitrogens is 1. The summed E-state index contributed by atoms with van der Waals surface area (Å²) in [5, 5.41) is 12.8. The van der Waals surface area contributed by atoms with Crippen LogP contribution >= 0.6 is 0 Å². The number of nitrogens with one attached hydrogen (secondary N) is 2. The van der Waals surface area contributed by atoms with Gasteiger partial charge in [0.1, 0.15) is 5.56 Å². The largest absolute Gasteiger partial charge is 0.388 e. The van der Waals surface area contributed by atoms with Crippen LogP contribution in [0.25, 0.3) is 0 Å². The predicted molar refractivity (Wildman–Crippen MR) is 74.2 cm³/mol. The van der Waals surface area contributed by atoms with Gasteiger partial charge >= 0.3 is 0 Å². The Morgan fingerprint density at radius 3 is 2.74 bits per heavy atom. The number of aryl methyl sites for hydroxylation is 1.